The average Bonchev–Trinajstić information content (AvgIpc) is 2.34. The molecule has 6 nitrogen and oxygen atoms in total. The van der Waals surface area contributed by atoms with Crippen LogP contribution in [0, 0.1) is 0 Å². The molecule has 100 valence electrons. The second kappa shape index (κ2) is 6.18. The van der Waals surface area contributed by atoms with Gasteiger partial charge in [-0.15, -0.1) is 0 Å². The van der Waals surface area contributed by atoms with Crippen LogP contribution in [-0.2, 0) is 14.4 Å². The molecular weight excluding hydrogens is 236 g/mol. The maximum Gasteiger partial charge on any atom is 0.331 e. The zero-order chi connectivity index (χ0) is 13.7. The van der Waals surface area contributed by atoms with Crippen molar-refractivity contribution < 1.29 is 19.5 Å². The summed E-state index contributed by atoms with van der Waals surface area (Å²) in [6.07, 6.45) is 1.89. The van der Waals surface area contributed by atoms with Gasteiger partial charge in [-0.25, -0.2) is 4.79 Å². The molecule has 1 fully saturated rings. The molecule has 0 bridgehead atoms. The normalized spacial score (nSPS) is 17.3. The van der Waals surface area contributed by atoms with Crippen LogP contribution in [0.15, 0.2) is 11.6 Å². The van der Waals surface area contributed by atoms with Gasteiger partial charge in [-0.1, -0.05) is 13.0 Å². The first-order valence-electron chi connectivity index (χ1n) is 6.01. The monoisotopic (exact) mass is 254 g/mol. The average molecular weight is 254 g/mol. The first kappa shape index (κ1) is 14.2. The number of carboxylic acids is 1. The van der Waals surface area contributed by atoms with Gasteiger partial charge < -0.3 is 14.9 Å². The summed E-state index contributed by atoms with van der Waals surface area (Å²) in [5.41, 5.74) is 0.258. The highest BCUT2D eigenvalue weighted by Gasteiger charge is 2.30. The Hall–Kier alpha value is -1.85. The van der Waals surface area contributed by atoms with Crippen molar-refractivity contribution in [3.63, 3.8) is 0 Å². The standard InChI is InChI=1S/C12H18N2O4/c1-3-9(12(17)18)5-6-14-8-7-13(4-2)10(15)11(14)16/h5H,3-4,6-8H2,1-2H3,(H,17,18). The van der Waals surface area contributed by atoms with E-state index in [9.17, 15) is 14.4 Å². The summed E-state index contributed by atoms with van der Waals surface area (Å²) < 4.78 is 0. The van der Waals surface area contributed by atoms with Crippen LogP contribution in [0.25, 0.3) is 0 Å². The molecule has 6 heteroatoms. The predicted octanol–water partition coefficient (Wildman–Crippen LogP) is 0.0981. The van der Waals surface area contributed by atoms with Crippen LogP contribution in [0.5, 0.6) is 0 Å². The fourth-order valence-electron chi connectivity index (χ4n) is 1.79. The van der Waals surface area contributed by atoms with Gasteiger partial charge >= 0.3 is 17.8 Å². The summed E-state index contributed by atoms with van der Waals surface area (Å²) in [6, 6.07) is 0. The van der Waals surface area contributed by atoms with Gasteiger partial charge in [0.2, 0.25) is 0 Å². The van der Waals surface area contributed by atoms with Crippen LogP contribution in [0.3, 0.4) is 0 Å². The minimum atomic E-state index is -0.983. The summed E-state index contributed by atoms with van der Waals surface area (Å²) in [7, 11) is 0. The second-order valence-electron chi connectivity index (χ2n) is 4.02. The molecule has 1 aliphatic rings. The van der Waals surface area contributed by atoms with E-state index in [1.807, 2.05) is 6.92 Å². The van der Waals surface area contributed by atoms with Gasteiger partial charge in [-0.05, 0) is 13.3 Å². The Bertz CT molecular complexity index is 390. The van der Waals surface area contributed by atoms with E-state index in [0.717, 1.165) is 0 Å². The van der Waals surface area contributed by atoms with Crippen LogP contribution in [0.2, 0.25) is 0 Å². The van der Waals surface area contributed by atoms with Crippen molar-refractivity contribution in [3.8, 4) is 0 Å². The molecule has 0 atom stereocenters. The Morgan fingerprint density at radius 3 is 2.28 bits per heavy atom. The Kier molecular flexibility index (Phi) is 4.88. The summed E-state index contributed by atoms with van der Waals surface area (Å²) >= 11 is 0. The number of amides is 2. The number of likely N-dealkylation sites (N-methyl/N-ethyl adjacent to an activating group) is 1. The molecule has 0 spiro atoms. The lowest BCUT2D eigenvalue weighted by molar-refractivity contribution is -0.155. The van der Waals surface area contributed by atoms with Gasteiger partial charge in [0.05, 0.1) is 0 Å². The van der Waals surface area contributed by atoms with Crippen molar-refractivity contribution in [2.24, 2.45) is 0 Å². The maximum atomic E-state index is 11.7. The third-order valence-electron chi connectivity index (χ3n) is 2.99. The van der Waals surface area contributed by atoms with Gasteiger partial charge in [-0.2, -0.15) is 0 Å². The molecule has 0 aliphatic carbocycles. The minimum absolute atomic E-state index is 0.178. The molecule has 0 radical (unpaired) electrons. The molecule has 0 saturated carbocycles. The van der Waals surface area contributed by atoms with Crippen molar-refractivity contribution in [1.82, 2.24) is 9.80 Å². The van der Waals surface area contributed by atoms with Gasteiger partial charge in [0.25, 0.3) is 0 Å². The third-order valence-corrected chi connectivity index (χ3v) is 2.99. The predicted molar refractivity (Wildman–Crippen MR) is 64.8 cm³/mol. The van der Waals surface area contributed by atoms with Gasteiger partial charge in [0, 0.05) is 31.8 Å². The van der Waals surface area contributed by atoms with Gasteiger partial charge in [0.15, 0.2) is 0 Å². The van der Waals surface area contributed by atoms with Crippen LogP contribution in [0.4, 0.5) is 0 Å². The van der Waals surface area contributed by atoms with Crippen LogP contribution in [0.1, 0.15) is 20.3 Å². The fourth-order valence-corrected chi connectivity index (χ4v) is 1.79. The second-order valence-corrected chi connectivity index (χ2v) is 4.02. The highest BCUT2D eigenvalue weighted by molar-refractivity contribution is 6.35. The number of carboxylic acid groups (broad SMARTS) is 1. The van der Waals surface area contributed by atoms with E-state index < -0.39 is 17.8 Å². The molecule has 0 aromatic rings. The Morgan fingerprint density at radius 2 is 1.78 bits per heavy atom. The number of carbonyl (C=O) groups is 3. The molecule has 0 aromatic heterocycles. The largest absolute Gasteiger partial charge is 0.478 e. The number of hydrogen-bond acceptors (Lipinski definition) is 3. The molecule has 0 unspecified atom stereocenters. The van der Waals surface area contributed by atoms with Crippen molar-refractivity contribution in [2.75, 3.05) is 26.2 Å². The zero-order valence-corrected chi connectivity index (χ0v) is 10.7. The smallest absolute Gasteiger partial charge is 0.331 e. The van der Waals surface area contributed by atoms with Crippen LogP contribution in [-0.4, -0.2) is 58.9 Å². The van der Waals surface area contributed by atoms with E-state index in [2.05, 4.69) is 0 Å². The van der Waals surface area contributed by atoms with Crippen LogP contribution < -0.4 is 0 Å². The summed E-state index contributed by atoms with van der Waals surface area (Å²) in [5.74, 6) is -2.05. The fraction of sp³-hybridized carbons (Fsp3) is 0.583. The third kappa shape index (κ3) is 3.09. The Labute approximate surface area is 106 Å². The lowest BCUT2D eigenvalue weighted by atomic mass is 10.2. The SMILES string of the molecule is CCC(=CCN1CCN(CC)C(=O)C1=O)C(=O)O. The summed E-state index contributed by atoms with van der Waals surface area (Å²) in [4.78, 5) is 37.0. The van der Waals surface area contributed by atoms with Crippen LogP contribution >= 0.6 is 0 Å². The number of carbonyl (C=O) groups excluding carboxylic acids is 2. The van der Waals surface area contributed by atoms with Crippen molar-refractivity contribution in [3.05, 3.63) is 11.6 Å². The number of hydrogen-bond donors (Lipinski definition) is 1. The lowest BCUT2D eigenvalue weighted by Crippen LogP contribution is -2.54. The molecule has 2 amide bonds. The molecule has 18 heavy (non-hydrogen) atoms. The highest BCUT2D eigenvalue weighted by atomic mass is 16.4. The maximum absolute atomic E-state index is 11.7. The van der Waals surface area contributed by atoms with E-state index in [-0.39, 0.29) is 12.1 Å². The Balaban J connectivity index is 2.67. The van der Waals surface area contributed by atoms with Gasteiger partial charge in [-0.3, -0.25) is 9.59 Å². The number of aliphatic carboxylic acids is 1. The number of rotatable bonds is 5. The molecular formula is C12H18N2O4. The minimum Gasteiger partial charge on any atom is -0.478 e. The number of nitrogens with zero attached hydrogens (tertiary/aromatic N) is 2. The van der Waals surface area contributed by atoms with E-state index in [1.54, 1.807) is 6.92 Å². The van der Waals surface area contributed by atoms with E-state index in [4.69, 9.17) is 5.11 Å². The topological polar surface area (TPSA) is 77.9 Å². The molecule has 1 saturated heterocycles. The van der Waals surface area contributed by atoms with Crippen molar-refractivity contribution >= 4 is 17.8 Å². The van der Waals surface area contributed by atoms with E-state index >= 15 is 0 Å². The van der Waals surface area contributed by atoms with Gasteiger partial charge in [0.1, 0.15) is 0 Å². The summed E-state index contributed by atoms with van der Waals surface area (Å²) in [6.45, 7) is 5.21. The van der Waals surface area contributed by atoms with E-state index in [1.165, 1.54) is 15.9 Å². The Morgan fingerprint density at radius 1 is 1.22 bits per heavy atom. The zero-order valence-electron chi connectivity index (χ0n) is 10.7. The summed E-state index contributed by atoms with van der Waals surface area (Å²) in [5, 5.41) is 8.85. The quantitative estimate of drug-likeness (QED) is 0.557. The molecule has 0 aromatic carbocycles. The molecule has 1 aliphatic heterocycles. The van der Waals surface area contributed by atoms with Crippen molar-refractivity contribution in [2.45, 2.75) is 20.3 Å². The molecule has 1 heterocycles. The first-order valence-corrected chi connectivity index (χ1v) is 6.01. The lowest BCUT2D eigenvalue weighted by Gasteiger charge is -2.32. The molecule has 1 N–H and O–H groups in total. The highest BCUT2D eigenvalue weighted by Crippen LogP contribution is 2.07. The first-order chi connectivity index (χ1) is 8.51. The number of piperazine rings is 1. The van der Waals surface area contributed by atoms with E-state index in [0.29, 0.717) is 26.1 Å². The molecule has 1 rings (SSSR count). The van der Waals surface area contributed by atoms with Crippen molar-refractivity contribution in [1.29, 1.82) is 0 Å².